The number of nitrogens with zero attached hydrogens (tertiary/aromatic N) is 1. The minimum Gasteiger partial charge on any atom is -0.349 e. The molecule has 1 atom stereocenters. The number of hydrogen-bond donors (Lipinski definition) is 1. The predicted octanol–water partition coefficient (Wildman–Crippen LogP) is 4.66. The lowest BCUT2D eigenvalue weighted by molar-refractivity contribution is -0.127. The average Bonchev–Trinajstić information content (AvgIpc) is 3.59. The Labute approximate surface area is 187 Å². The van der Waals surface area contributed by atoms with Gasteiger partial charge in [-0.25, -0.2) is 8.42 Å². The summed E-state index contributed by atoms with van der Waals surface area (Å²) in [5.74, 6) is 0.298. The highest BCUT2D eigenvalue weighted by Gasteiger charge is 2.37. The van der Waals surface area contributed by atoms with Crippen LogP contribution in [0.1, 0.15) is 37.3 Å². The molecule has 0 radical (unpaired) electrons. The summed E-state index contributed by atoms with van der Waals surface area (Å²) in [6.45, 7) is 0.561. The fraction of sp³-hybridized carbons (Fsp3) is 0.409. The lowest BCUT2D eigenvalue weighted by atomic mass is 9.95. The van der Waals surface area contributed by atoms with Crippen molar-refractivity contribution >= 4 is 39.1 Å². The molecule has 0 spiro atoms. The molecule has 4 rings (SSSR count). The van der Waals surface area contributed by atoms with Gasteiger partial charge >= 0.3 is 0 Å². The molecular weight excluding hydrogens is 443 g/mol. The van der Waals surface area contributed by atoms with E-state index < -0.39 is 10.0 Å². The number of rotatable bonds is 6. The van der Waals surface area contributed by atoms with Crippen molar-refractivity contribution in [2.24, 2.45) is 11.8 Å². The lowest BCUT2D eigenvalue weighted by Crippen LogP contribution is -2.44. The SMILES string of the molecule is O=C(NC(c1ccccc1)C1CC1)C1CCN(S(=O)(=O)c2cccc(Cl)c2Cl)CC1. The number of piperidine rings is 1. The van der Waals surface area contributed by atoms with E-state index in [0.29, 0.717) is 18.8 Å². The molecule has 2 aromatic carbocycles. The molecule has 1 unspecified atom stereocenters. The van der Waals surface area contributed by atoms with Crippen LogP contribution in [0.3, 0.4) is 0 Å². The van der Waals surface area contributed by atoms with Crippen LogP contribution in [0.25, 0.3) is 0 Å². The topological polar surface area (TPSA) is 66.5 Å². The van der Waals surface area contributed by atoms with E-state index in [1.165, 1.54) is 10.4 Å². The molecule has 2 aromatic rings. The Bertz CT molecular complexity index is 1020. The lowest BCUT2D eigenvalue weighted by Gasteiger charge is -2.32. The van der Waals surface area contributed by atoms with E-state index in [1.54, 1.807) is 12.1 Å². The minimum atomic E-state index is -3.75. The Morgan fingerprint density at radius 2 is 1.63 bits per heavy atom. The highest BCUT2D eigenvalue weighted by atomic mass is 35.5. The molecule has 1 saturated carbocycles. The third kappa shape index (κ3) is 4.52. The van der Waals surface area contributed by atoms with Gasteiger partial charge in [-0.05, 0) is 49.3 Å². The molecule has 1 saturated heterocycles. The molecule has 1 aliphatic heterocycles. The first-order valence-electron chi connectivity index (χ1n) is 10.2. The number of benzene rings is 2. The first kappa shape index (κ1) is 21.6. The van der Waals surface area contributed by atoms with E-state index >= 15 is 0 Å². The first-order valence-corrected chi connectivity index (χ1v) is 12.4. The third-order valence-corrected chi connectivity index (χ3v) is 8.78. The van der Waals surface area contributed by atoms with Crippen LogP contribution in [0.5, 0.6) is 0 Å². The van der Waals surface area contributed by atoms with Crippen LogP contribution >= 0.6 is 23.2 Å². The van der Waals surface area contributed by atoms with E-state index in [2.05, 4.69) is 5.32 Å². The monoisotopic (exact) mass is 466 g/mol. The number of halogens is 2. The van der Waals surface area contributed by atoms with Gasteiger partial charge in [-0.15, -0.1) is 0 Å². The second kappa shape index (κ2) is 8.87. The molecule has 2 fully saturated rings. The Morgan fingerprint density at radius 1 is 0.967 bits per heavy atom. The predicted molar refractivity (Wildman–Crippen MR) is 118 cm³/mol. The summed E-state index contributed by atoms with van der Waals surface area (Å²) in [6, 6.07) is 14.7. The smallest absolute Gasteiger partial charge is 0.244 e. The molecular formula is C22H24Cl2N2O3S. The van der Waals surface area contributed by atoms with Crippen LogP contribution in [-0.4, -0.2) is 31.7 Å². The fourth-order valence-electron chi connectivity index (χ4n) is 4.02. The van der Waals surface area contributed by atoms with Crippen molar-refractivity contribution in [3.8, 4) is 0 Å². The van der Waals surface area contributed by atoms with Gasteiger partial charge in [0.25, 0.3) is 0 Å². The van der Waals surface area contributed by atoms with Gasteiger partial charge in [0.1, 0.15) is 4.90 Å². The molecule has 0 aromatic heterocycles. The molecule has 2 aliphatic rings. The van der Waals surface area contributed by atoms with Crippen LogP contribution < -0.4 is 5.32 Å². The maximum absolute atomic E-state index is 13.0. The zero-order chi connectivity index (χ0) is 21.3. The van der Waals surface area contributed by atoms with E-state index in [-0.39, 0.29) is 45.9 Å². The Morgan fingerprint density at radius 3 is 2.27 bits per heavy atom. The molecule has 1 heterocycles. The highest BCUT2D eigenvalue weighted by molar-refractivity contribution is 7.89. The van der Waals surface area contributed by atoms with Crippen molar-refractivity contribution in [2.45, 2.75) is 36.6 Å². The van der Waals surface area contributed by atoms with Crippen LogP contribution in [0.2, 0.25) is 10.0 Å². The van der Waals surface area contributed by atoms with Crippen LogP contribution in [-0.2, 0) is 14.8 Å². The van der Waals surface area contributed by atoms with Gasteiger partial charge in [0.05, 0.1) is 16.1 Å². The molecule has 1 amide bonds. The number of amides is 1. The van der Waals surface area contributed by atoms with E-state index in [4.69, 9.17) is 23.2 Å². The van der Waals surface area contributed by atoms with Gasteiger partial charge in [0.2, 0.25) is 15.9 Å². The van der Waals surface area contributed by atoms with E-state index in [9.17, 15) is 13.2 Å². The molecule has 1 aliphatic carbocycles. The first-order chi connectivity index (χ1) is 14.4. The number of hydrogen-bond acceptors (Lipinski definition) is 3. The van der Waals surface area contributed by atoms with Gasteiger partial charge in [-0.3, -0.25) is 4.79 Å². The van der Waals surface area contributed by atoms with Crippen molar-refractivity contribution in [1.82, 2.24) is 9.62 Å². The zero-order valence-corrected chi connectivity index (χ0v) is 18.8. The van der Waals surface area contributed by atoms with Crippen LogP contribution in [0, 0.1) is 11.8 Å². The molecule has 5 nitrogen and oxygen atoms in total. The molecule has 160 valence electrons. The summed E-state index contributed by atoms with van der Waals surface area (Å²) in [5, 5.41) is 3.47. The Kier molecular flexibility index (Phi) is 6.39. The second-order valence-electron chi connectivity index (χ2n) is 7.96. The number of carbonyl (C=O) groups excluding carboxylic acids is 1. The summed E-state index contributed by atoms with van der Waals surface area (Å²) in [6.07, 6.45) is 3.21. The minimum absolute atomic E-state index is 0.00795. The quantitative estimate of drug-likeness (QED) is 0.672. The fourth-order valence-corrected chi connectivity index (χ4v) is 6.22. The van der Waals surface area contributed by atoms with Gasteiger partial charge in [0.15, 0.2) is 0 Å². The number of sulfonamides is 1. The summed E-state index contributed by atoms with van der Waals surface area (Å²) in [7, 11) is -3.75. The summed E-state index contributed by atoms with van der Waals surface area (Å²) in [4.78, 5) is 12.9. The van der Waals surface area contributed by atoms with Crippen LogP contribution in [0.15, 0.2) is 53.4 Å². The van der Waals surface area contributed by atoms with E-state index in [1.807, 2.05) is 30.3 Å². The molecule has 30 heavy (non-hydrogen) atoms. The largest absolute Gasteiger partial charge is 0.349 e. The maximum Gasteiger partial charge on any atom is 0.244 e. The molecule has 8 heteroatoms. The molecule has 1 N–H and O–H groups in total. The summed E-state index contributed by atoms with van der Waals surface area (Å²) < 4.78 is 27.4. The number of nitrogens with one attached hydrogen (secondary N) is 1. The Hall–Kier alpha value is -1.60. The maximum atomic E-state index is 13.0. The van der Waals surface area contributed by atoms with Gasteiger partial charge in [-0.1, -0.05) is 59.6 Å². The second-order valence-corrected chi connectivity index (χ2v) is 10.7. The third-order valence-electron chi connectivity index (χ3n) is 5.91. The van der Waals surface area contributed by atoms with Crippen LogP contribution in [0.4, 0.5) is 0 Å². The summed E-state index contributed by atoms with van der Waals surface area (Å²) in [5.41, 5.74) is 1.13. The van der Waals surface area contributed by atoms with Gasteiger partial charge in [-0.2, -0.15) is 4.31 Å². The Balaban J connectivity index is 1.40. The zero-order valence-electron chi connectivity index (χ0n) is 16.4. The standard InChI is InChI=1S/C22H24Cl2N2O3S/c23-18-7-4-8-19(20(18)24)30(28,29)26-13-11-17(12-14-26)22(27)25-21(16-9-10-16)15-5-2-1-3-6-15/h1-8,16-17,21H,9-14H2,(H,25,27). The van der Waals surface area contributed by atoms with Crippen molar-refractivity contribution < 1.29 is 13.2 Å². The van der Waals surface area contributed by atoms with Crippen molar-refractivity contribution in [3.63, 3.8) is 0 Å². The van der Waals surface area contributed by atoms with Gasteiger partial charge in [0, 0.05) is 19.0 Å². The van der Waals surface area contributed by atoms with Gasteiger partial charge < -0.3 is 5.32 Å². The van der Waals surface area contributed by atoms with Crippen molar-refractivity contribution in [3.05, 3.63) is 64.1 Å². The average molecular weight is 467 g/mol. The summed E-state index contributed by atoms with van der Waals surface area (Å²) >= 11 is 12.1. The number of carbonyl (C=O) groups is 1. The van der Waals surface area contributed by atoms with Crippen molar-refractivity contribution in [2.75, 3.05) is 13.1 Å². The molecule has 0 bridgehead atoms. The van der Waals surface area contributed by atoms with E-state index in [0.717, 1.165) is 18.4 Å². The normalized spacial score (nSPS) is 19.4. The highest BCUT2D eigenvalue weighted by Crippen LogP contribution is 2.41. The van der Waals surface area contributed by atoms with Crippen molar-refractivity contribution in [1.29, 1.82) is 0 Å².